The molecule has 0 aromatic rings. The molecule has 0 aromatic carbocycles. The summed E-state index contributed by atoms with van der Waals surface area (Å²) >= 11 is 0. The highest BCUT2D eigenvalue weighted by atomic mass is 31.2. The second-order valence-corrected chi connectivity index (χ2v) is 30.3. The number of esters is 4. The number of hydrogen-bond acceptors (Lipinski definition) is 15. The Balaban J connectivity index is 5.28. The summed E-state index contributed by atoms with van der Waals surface area (Å²) in [6.07, 6.45) is 78.4. The number of ether oxygens (including phenoxy) is 4. The normalized spacial score (nSPS) is 14.3. The van der Waals surface area contributed by atoms with Crippen molar-refractivity contribution in [2.75, 3.05) is 39.6 Å². The maximum Gasteiger partial charge on any atom is 0.472 e. The van der Waals surface area contributed by atoms with Crippen molar-refractivity contribution in [3.8, 4) is 0 Å². The van der Waals surface area contributed by atoms with Gasteiger partial charge in [-0.3, -0.25) is 37.3 Å². The second-order valence-electron chi connectivity index (χ2n) is 27.3. The van der Waals surface area contributed by atoms with E-state index < -0.39 is 97.5 Å². The van der Waals surface area contributed by atoms with Crippen molar-refractivity contribution in [2.45, 2.75) is 380 Å². The van der Waals surface area contributed by atoms with Crippen LogP contribution in [-0.4, -0.2) is 96.7 Å². The summed E-state index contributed by atoms with van der Waals surface area (Å²) < 4.78 is 68.6. The van der Waals surface area contributed by atoms with Gasteiger partial charge in [0.2, 0.25) is 0 Å². The zero-order chi connectivity index (χ0) is 74.6. The summed E-state index contributed by atoms with van der Waals surface area (Å²) in [5.74, 6) is -2.17. The maximum atomic E-state index is 13.1. The lowest BCUT2D eigenvalue weighted by atomic mass is 10.0. The van der Waals surface area contributed by atoms with E-state index in [-0.39, 0.29) is 25.7 Å². The molecule has 0 radical (unpaired) electrons. The predicted octanol–water partition coefficient (Wildman–Crippen LogP) is 23.8. The van der Waals surface area contributed by atoms with Gasteiger partial charge in [-0.2, -0.15) is 0 Å². The molecule has 0 bridgehead atoms. The molecule has 0 fully saturated rings. The average molecular weight is 1480 g/mol. The zero-order valence-electron chi connectivity index (χ0n) is 64.8. The van der Waals surface area contributed by atoms with Crippen molar-refractivity contribution in [2.24, 2.45) is 0 Å². The van der Waals surface area contributed by atoms with Crippen molar-refractivity contribution >= 4 is 39.5 Å². The van der Waals surface area contributed by atoms with Crippen LogP contribution in [0.15, 0.2) is 85.1 Å². The van der Waals surface area contributed by atoms with Gasteiger partial charge in [-0.1, -0.05) is 318 Å². The Labute approximate surface area is 621 Å². The molecule has 102 heavy (non-hydrogen) atoms. The topological polar surface area (TPSA) is 237 Å². The highest BCUT2D eigenvalue weighted by Crippen LogP contribution is 2.45. The van der Waals surface area contributed by atoms with Gasteiger partial charge in [0.25, 0.3) is 0 Å². The molecule has 0 saturated carbocycles. The van der Waals surface area contributed by atoms with E-state index in [1.54, 1.807) is 0 Å². The monoisotopic (exact) mass is 1480 g/mol. The minimum absolute atomic E-state index is 0.0954. The minimum atomic E-state index is -4.97. The van der Waals surface area contributed by atoms with E-state index >= 15 is 0 Å². The van der Waals surface area contributed by atoms with E-state index in [9.17, 15) is 43.2 Å². The largest absolute Gasteiger partial charge is 0.472 e. The molecule has 0 aliphatic heterocycles. The number of phosphoric ester groups is 2. The number of aliphatic hydroxyl groups is 1. The van der Waals surface area contributed by atoms with Gasteiger partial charge in [0.15, 0.2) is 12.2 Å². The molecule has 592 valence electrons. The number of aliphatic hydroxyl groups excluding tert-OH is 1. The lowest BCUT2D eigenvalue weighted by molar-refractivity contribution is -0.161. The van der Waals surface area contributed by atoms with E-state index in [2.05, 4.69) is 113 Å². The van der Waals surface area contributed by atoms with Gasteiger partial charge in [0.1, 0.15) is 19.3 Å². The zero-order valence-corrected chi connectivity index (χ0v) is 66.6. The van der Waals surface area contributed by atoms with E-state index in [4.69, 9.17) is 37.0 Å². The quantitative estimate of drug-likeness (QED) is 0.0169. The molecule has 0 rings (SSSR count). The summed E-state index contributed by atoms with van der Waals surface area (Å²) in [5, 5.41) is 10.6. The Morgan fingerprint density at radius 1 is 0.284 bits per heavy atom. The van der Waals surface area contributed by atoms with E-state index in [0.717, 1.165) is 173 Å². The highest BCUT2D eigenvalue weighted by molar-refractivity contribution is 7.47. The molecular weight excluding hydrogens is 1330 g/mol. The van der Waals surface area contributed by atoms with Crippen molar-refractivity contribution in [3.05, 3.63) is 85.1 Å². The summed E-state index contributed by atoms with van der Waals surface area (Å²) in [6, 6.07) is 0. The van der Waals surface area contributed by atoms with Crippen LogP contribution in [0, 0.1) is 0 Å². The molecule has 5 unspecified atom stereocenters. The summed E-state index contributed by atoms with van der Waals surface area (Å²) in [4.78, 5) is 73.0. The molecule has 3 N–H and O–H groups in total. The fraction of sp³-hybridized carbons (Fsp3) is 0.783. The fourth-order valence-corrected chi connectivity index (χ4v) is 12.7. The standard InChI is InChI=1S/C83H148O17P2/c1-5-9-13-17-21-25-29-32-34-36-38-40-42-45-48-51-55-59-63-67-80(85)93-73-78(99-82(87)69-65-61-57-53-47-28-24-20-16-12-8-4)75-97-101(89,90)95-71-77(84)72-96-102(91,92)98-76-79(100-83(88)70-66-62-58-54-50-44-31-27-23-19-15-11-7-3)74-94-81(86)68-64-60-56-52-49-46-43-41-39-37-35-33-30-26-22-18-14-10-6-2/h9,13,21-22,25-26,32-35,38-41,77-79,84H,5-8,10-12,14-20,23-24,27-31,36-37,42-76H2,1-4H3,(H,89,90)(H,91,92)/b13-9-,25-21-,26-22-,34-32-,35-33-,40-38-,41-39-. The van der Waals surface area contributed by atoms with E-state index in [1.807, 2.05) is 0 Å². The molecule has 5 atom stereocenters. The van der Waals surface area contributed by atoms with Crippen molar-refractivity contribution < 1.29 is 80.2 Å². The van der Waals surface area contributed by atoms with Crippen molar-refractivity contribution in [1.82, 2.24) is 0 Å². The van der Waals surface area contributed by atoms with Gasteiger partial charge in [-0.15, -0.1) is 0 Å². The molecular formula is C83H148O17P2. The molecule has 17 nitrogen and oxygen atoms in total. The predicted molar refractivity (Wildman–Crippen MR) is 418 cm³/mol. The van der Waals surface area contributed by atoms with Crippen LogP contribution in [0.3, 0.4) is 0 Å². The van der Waals surface area contributed by atoms with E-state index in [1.165, 1.54) is 109 Å². The molecule has 0 heterocycles. The first-order valence-corrected chi connectivity index (χ1v) is 43.8. The fourth-order valence-electron chi connectivity index (χ4n) is 11.2. The molecule has 0 amide bonds. The summed E-state index contributed by atoms with van der Waals surface area (Å²) in [7, 11) is -9.95. The maximum absolute atomic E-state index is 13.1. The lowest BCUT2D eigenvalue weighted by Crippen LogP contribution is -2.30. The third-order valence-electron chi connectivity index (χ3n) is 17.4. The first-order valence-electron chi connectivity index (χ1n) is 40.8. The molecule has 0 aliphatic rings. The smallest absolute Gasteiger partial charge is 0.462 e. The summed E-state index contributed by atoms with van der Waals surface area (Å²) in [5.41, 5.74) is 0. The van der Waals surface area contributed by atoms with Gasteiger partial charge in [0.05, 0.1) is 26.4 Å². The lowest BCUT2D eigenvalue weighted by Gasteiger charge is -2.21. The number of carbonyl (C=O) groups excluding carboxylic acids is 4. The van der Waals surface area contributed by atoms with Gasteiger partial charge < -0.3 is 33.8 Å². The Hall–Kier alpha value is -3.76. The van der Waals surface area contributed by atoms with Crippen LogP contribution in [0.2, 0.25) is 0 Å². The van der Waals surface area contributed by atoms with Gasteiger partial charge >= 0.3 is 39.5 Å². The van der Waals surface area contributed by atoms with Crippen LogP contribution in [-0.2, 0) is 65.4 Å². The molecule has 19 heteroatoms. The number of hydrogen-bond donors (Lipinski definition) is 3. The van der Waals surface area contributed by atoms with Crippen LogP contribution in [0.5, 0.6) is 0 Å². The molecule has 0 spiro atoms. The molecule has 0 aromatic heterocycles. The van der Waals surface area contributed by atoms with Crippen LogP contribution in [0.25, 0.3) is 0 Å². The van der Waals surface area contributed by atoms with Crippen molar-refractivity contribution in [3.63, 3.8) is 0 Å². The average Bonchev–Trinajstić information content (AvgIpc) is 0.928. The number of rotatable bonds is 77. The number of phosphoric acid groups is 2. The number of allylic oxidation sites excluding steroid dienone is 14. The van der Waals surface area contributed by atoms with Crippen molar-refractivity contribution in [1.29, 1.82) is 0 Å². The Morgan fingerprint density at radius 3 is 0.804 bits per heavy atom. The second kappa shape index (κ2) is 75.5. The van der Waals surface area contributed by atoms with Crippen LogP contribution < -0.4 is 0 Å². The minimum Gasteiger partial charge on any atom is -0.462 e. The Bertz CT molecular complexity index is 2260. The SMILES string of the molecule is CC/C=C\C/C=C\C/C=C\C/C=C\CCCCCCCCC(=O)OCC(COP(=O)(O)OCC(O)COP(=O)(O)OCC(COC(=O)CCCCCCCC/C=C\C/C=C\C/C=C\CCCCC)OC(=O)CCCCCCCCCCCCCCC)OC(=O)CCCCCCCCCCCCC. The van der Waals surface area contributed by atoms with Gasteiger partial charge in [0, 0.05) is 25.7 Å². The van der Waals surface area contributed by atoms with Crippen LogP contribution in [0.4, 0.5) is 0 Å². The first kappa shape index (κ1) is 98.2. The Morgan fingerprint density at radius 2 is 0.510 bits per heavy atom. The van der Waals surface area contributed by atoms with Crippen LogP contribution >= 0.6 is 15.6 Å². The first-order chi connectivity index (χ1) is 49.7. The van der Waals surface area contributed by atoms with Gasteiger partial charge in [-0.25, -0.2) is 9.13 Å². The third-order valence-corrected chi connectivity index (χ3v) is 19.3. The Kier molecular flexibility index (Phi) is 72.7. The number of unbranched alkanes of at least 4 members (excludes halogenated alkanes) is 37. The highest BCUT2D eigenvalue weighted by Gasteiger charge is 2.30. The summed E-state index contributed by atoms with van der Waals surface area (Å²) in [6.45, 7) is 4.76. The van der Waals surface area contributed by atoms with E-state index in [0.29, 0.717) is 25.7 Å². The third kappa shape index (κ3) is 74.5. The number of carbonyl (C=O) groups is 4. The van der Waals surface area contributed by atoms with Crippen LogP contribution in [0.1, 0.15) is 362 Å². The molecule has 0 saturated heterocycles. The van der Waals surface area contributed by atoms with Gasteiger partial charge in [-0.05, 0) is 103 Å². The molecule has 0 aliphatic carbocycles.